The summed E-state index contributed by atoms with van der Waals surface area (Å²) in [4.78, 5) is 25.1. The van der Waals surface area contributed by atoms with Crippen molar-refractivity contribution in [2.24, 2.45) is 0 Å². The maximum absolute atomic E-state index is 12.7. The van der Waals surface area contributed by atoms with Gasteiger partial charge in [-0.05, 0) is 70.6 Å². The molecule has 8 nitrogen and oxygen atoms in total. The van der Waals surface area contributed by atoms with E-state index in [-0.39, 0.29) is 18.9 Å². The van der Waals surface area contributed by atoms with Gasteiger partial charge in [-0.15, -0.1) is 0 Å². The van der Waals surface area contributed by atoms with Gasteiger partial charge in [0.2, 0.25) is 5.91 Å². The third kappa shape index (κ3) is 35.9. The summed E-state index contributed by atoms with van der Waals surface area (Å²) in [5, 5.41) is 13.6. The Bertz CT molecular complexity index is 1100. The van der Waals surface area contributed by atoms with Gasteiger partial charge in [-0.2, -0.15) is 0 Å². The van der Waals surface area contributed by atoms with Gasteiger partial charge >= 0.3 is 0 Å². The molecule has 1 amide bonds. The number of nitrogens with one attached hydrogen (secondary N) is 1. The first-order chi connectivity index (χ1) is 24.5. The molecule has 3 unspecified atom stereocenters. The Morgan fingerprint density at radius 1 is 0.706 bits per heavy atom. The molecule has 0 rings (SSSR count). The molecule has 292 valence electrons. The van der Waals surface area contributed by atoms with Crippen molar-refractivity contribution in [1.82, 2.24) is 5.32 Å². The first-order valence-electron chi connectivity index (χ1n) is 19.4. The average Bonchev–Trinajstić information content (AvgIpc) is 3.07. The maximum Gasteiger partial charge on any atom is 0.268 e. The molecule has 51 heavy (non-hydrogen) atoms. The summed E-state index contributed by atoms with van der Waals surface area (Å²) in [6, 6.07) is -0.950. The Morgan fingerprint density at radius 2 is 1.22 bits per heavy atom. The van der Waals surface area contributed by atoms with E-state index in [0.717, 1.165) is 51.4 Å². The number of unbranched alkanes of at least 4 members (excludes halogenated alkanes) is 8. The van der Waals surface area contributed by atoms with Crippen LogP contribution < -0.4 is 10.2 Å². The Balaban J connectivity index is 4.75. The Morgan fingerprint density at radius 3 is 1.80 bits per heavy atom. The highest BCUT2D eigenvalue weighted by atomic mass is 31.2. The largest absolute Gasteiger partial charge is 0.756 e. The van der Waals surface area contributed by atoms with E-state index >= 15 is 0 Å². The summed E-state index contributed by atoms with van der Waals surface area (Å²) >= 11 is 0. The zero-order chi connectivity index (χ0) is 37.9. The second-order valence-electron chi connectivity index (χ2n) is 13.9. The highest BCUT2D eigenvalue weighted by Crippen LogP contribution is 2.38. The number of rotatable bonds is 33. The van der Waals surface area contributed by atoms with Gasteiger partial charge in [0.25, 0.3) is 7.82 Å². The van der Waals surface area contributed by atoms with E-state index in [1.54, 1.807) is 6.08 Å². The number of carbonyl (C=O) groups excluding carboxylic acids is 1. The fourth-order valence-electron chi connectivity index (χ4n) is 4.72. The molecule has 3 atom stereocenters. The summed E-state index contributed by atoms with van der Waals surface area (Å²) in [6.07, 6.45) is 45.1. The summed E-state index contributed by atoms with van der Waals surface area (Å²) in [6.45, 7) is 4.39. The van der Waals surface area contributed by atoms with E-state index in [4.69, 9.17) is 9.05 Å². The van der Waals surface area contributed by atoms with Gasteiger partial charge in [0, 0.05) is 6.42 Å². The van der Waals surface area contributed by atoms with E-state index in [1.807, 2.05) is 39.4 Å². The van der Waals surface area contributed by atoms with Crippen LogP contribution in [-0.4, -0.2) is 68.5 Å². The molecule has 0 aromatic carbocycles. The average molecular weight is 733 g/mol. The molecule has 0 bridgehead atoms. The van der Waals surface area contributed by atoms with Gasteiger partial charge in [-0.1, -0.05) is 131 Å². The molecule has 0 saturated heterocycles. The van der Waals surface area contributed by atoms with Crippen molar-refractivity contribution in [3.05, 3.63) is 85.1 Å². The second-order valence-corrected chi connectivity index (χ2v) is 15.3. The fourth-order valence-corrected chi connectivity index (χ4v) is 5.44. The highest BCUT2D eigenvalue weighted by Gasteiger charge is 2.23. The monoisotopic (exact) mass is 733 g/mol. The number of carbonyl (C=O) groups is 1. The minimum atomic E-state index is -4.62. The Labute approximate surface area is 312 Å². The van der Waals surface area contributed by atoms with Gasteiger partial charge in [0.15, 0.2) is 0 Å². The van der Waals surface area contributed by atoms with Crippen molar-refractivity contribution in [1.29, 1.82) is 0 Å². The molecule has 2 N–H and O–H groups in total. The van der Waals surface area contributed by atoms with Gasteiger partial charge in [-0.3, -0.25) is 9.36 Å². The zero-order valence-corrected chi connectivity index (χ0v) is 33.7. The number of amides is 1. The van der Waals surface area contributed by atoms with Crippen LogP contribution in [0, 0.1) is 0 Å². The zero-order valence-electron chi connectivity index (χ0n) is 32.8. The molecule has 0 heterocycles. The van der Waals surface area contributed by atoms with Crippen molar-refractivity contribution in [3.63, 3.8) is 0 Å². The van der Waals surface area contributed by atoms with Crippen molar-refractivity contribution in [2.45, 2.75) is 135 Å². The van der Waals surface area contributed by atoms with Gasteiger partial charge in [0.05, 0.1) is 39.9 Å². The smallest absolute Gasteiger partial charge is 0.268 e. The normalized spacial score (nSPS) is 15.5. The number of phosphoric ester groups is 1. The number of likely N-dealkylation sites (N-methyl/N-ethyl adjacent to an activating group) is 1. The lowest BCUT2D eigenvalue weighted by Gasteiger charge is -2.29. The molecule has 0 spiro atoms. The Hall–Kier alpha value is -2.32. The number of aliphatic hydroxyl groups is 1. The van der Waals surface area contributed by atoms with E-state index in [1.165, 1.54) is 38.5 Å². The van der Waals surface area contributed by atoms with Crippen LogP contribution in [0.1, 0.15) is 123 Å². The van der Waals surface area contributed by atoms with E-state index in [9.17, 15) is 19.4 Å². The lowest BCUT2D eigenvalue weighted by atomic mass is 10.1. The number of hydrogen-bond acceptors (Lipinski definition) is 6. The van der Waals surface area contributed by atoms with Gasteiger partial charge in [0.1, 0.15) is 13.2 Å². The van der Waals surface area contributed by atoms with Gasteiger partial charge in [-0.25, -0.2) is 0 Å². The number of hydrogen-bond donors (Lipinski definition) is 2. The van der Waals surface area contributed by atoms with Crippen LogP contribution in [0.2, 0.25) is 0 Å². The number of nitrogens with zero attached hydrogens (tertiary/aromatic N) is 1. The first-order valence-corrected chi connectivity index (χ1v) is 20.9. The molecule has 0 saturated carbocycles. The summed E-state index contributed by atoms with van der Waals surface area (Å²) in [5.41, 5.74) is 0. The predicted octanol–water partition coefficient (Wildman–Crippen LogP) is 9.60. The minimum Gasteiger partial charge on any atom is -0.756 e. The highest BCUT2D eigenvalue weighted by molar-refractivity contribution is 7.45. The molecule has 0 aromatic rings. The summed E-state index contributed by atoms with van der Waals surface area (Å²) in [7, 11) is 1.17. The number of quaternary nitrogens is 1. The van der Waals surface area contributed by atoms with Crippen LogP contribution in [0.3, 0.4) is 0 Å². The lowest BCUT2D eigenvalue weighted by molar-refractivity contribution is -0.870. The molecule has 0 radical (unpaired) electrons. The molecule has 0 aromatic heterocycles. The van der Waals surface area contributed by atoms with Crippen LogP contribution in [0.5, 0.6) is 0 Å². The van der Waals surface area contributed by atoms with Crippen molar-refractivity contribution in [2.75, 3.05) is 40.9 Å². The molecular weight excluding hydrogens is 659 g/mol. The van der Waals surface area contributed by atoms with E-state index < -0.39 is 26.6 Å². The van der Waals surface area contributed by atoms with Crippen LogP contribution in [0.15, 0.2) is 85.1 Å². The molecule has 0 aliphatic carbocycles. The number of aliphatic hydroxyl groups excluding tert-OH is 1. The maximum atomic E-state index is 12.7. The van der Waals surface area contributed by atoms with Gasteiger partial charge < -0.3 is 28.8 Å². The standard InChI is InChI=1S/C42H73N2O6P/c1-6-8-10-12-14-16-18-20-21-22-24-25-27-29-31-33-35-41(45)40(39-50-51(47,48)49-38-37-44(3,4)5)43-42(46)36-34-32-30-28-26-23-19-17-15-13-11-9-7-2/h9,11,15,17,20-21,23,25-27,30,32-33,35,40-41,45H,6-8,10,12-14,16,18-19,22,24,28-29,31,34,36-39H2,1-5H3,(H-,43,46,47,48)/b11-9-,17-15-,21-20+,26-23-,27-25+,32-30-,35-33+. The molecule has 9 heteroatoms. The van der Waals surface area contributed by atoms with Crippen LogP contribution in [0.25, 0.3) is 0 Å². The topological polar surface area (TPSA) is 108 Å². The van der Waals surface area contributed by atoms with Crippen LogP contribution in [0.4, 0.5) is 0 Å². The van der Waals surface area contributed by atoms with E-state index in [2.05, 4.69) is 79.9 Å². The summed E-state index contributed by atoms with van der Waals surface area (Å²) < 4.78 is 23.0. The summed E-state index contributed by atoms with van der Waals surface area (Å²) in [5.74, 6) is -0.297. The quantitative estimate of drug-likeness (QED) is 0.0301. The lowest BCUT2D eigenvalue weighted by Crippen LogP contribution is -2.45. The molecular formula is C42H73N2O6P. The molecule has 0 fully saturated rings. The first kappa shape index (κ1) is 48.7. The van der Waals surface area contributed by atoms with Crippen LogP contribution >= 0.6 is 7.82 Å². The Kier molecular flexibility index (Phi) is 32.0. The number of allylic oxidation sites excluding steroid dienone is 13. The molecule has 0 aliphatic heterocycles. The predicted molar refractivity (Wildman–Crippen MR) is 214 cm³/mol. The van der Waals surface area contributed by atoms with Crippen LogP contribution in [-0.2, 0) is 18.4 Å². The molecule has 0 aliphatic rings. The second kappa shape index (κ2) is 33.5. The van der Waals surface area contributed by atoms with Crippen molar-refractivity contribution < 1.29 is 32.9 Å². The third-order valence-corrected chi connectivity index (χ3v) is 8.79. The van der Waals surface area contributed by atoms with E-state index in [0.29, 0.717) is 23.9 Å². The third-order valence-electron chi connectivity index (χ3n) is 7.83. The SMILES string of the molecule is CC/C=C\C/C=C\C/C=C\C/C=C\CCC(=O)NC(COP(=O)([O-])OCC[N+](C)(C)C)C(O)/C=C/CC/C=C/CC/C=C/CCCCCCCC. The van der Waals surface area contributed by atoms with Crippen molar-refractivity contribution >= 4 is 13.7 Å². The fraction of sp³-hybridized carbons (Fsp3) is 0.643. The minimum absolute atomic E-state index is 0.0262. The van der Waals surface area contributed by atoms with Crippen molar-refractivity contribution in [3.8, 4) is 0 Å². The number of phosphoric acid groups is 1.